The average molecular weight is 466 g/mol. The zero-order valence-corrected chi connectivity index (χ0v) is 20.4. The smallest absolute Gasteiger partial charge is 0.253 e. The topological polar surface area (TPSA) is 84.8 Å². The van der Waals surface area contributed by atoms with Gasteiger partial charge < -0.3 is 19.5 Å². The van der Waals surface area contributed by atoms with Crippen LogP contribution in [-0.2, 0) is 9.47 Å². The Bertz CT molecular complexity index is 1010. The van der Waals surface area contributed by atoms with E-state index >= 15 is 0 Å². The molecule has 1 aromatic carbocycles. The van der Waals surface area contributed by atoms with Gasteiger partial charge in [-0.25, -0.2) is 9.97 Å². The van der Waals surface area contributed by atoms with Crippen LogP contribution in [0.4, 0.5) is 0 Å². The van der Waals surface area contributed by atoms with Crippen molar-refractivity contribution in [1.29, 1.82) is 0 Å². The van der Waals surface area contributed by atoms with E-state index in [4.69, 9.17) is 9.47 Å². The van der Waals surface area contributed by atoms with Crippen molar-refractivity contribution in [3.8, 4) is 11.1 Å². The van der Waals surface area contributed by atoms with Gasteiger partial charge in [0.25, 0.3) is 5.91 Å². The van der Waals surface area contributed by atoms with Gasteiger partial charge in [0.1, 0.15) is 6.33 Å². The standard InChI is InChI=1S/C27H35N3O4/c1-25(2,32)22-8-9-26(3,34-22)23-14-27(17-33-23)10-12-30(13-11-27)24(31)20-6-4-19(5-7-20)21-15-28-18-29-16-21/h4-7,15-16,18,22-23,32H,8-14,17H2,1-3H3/t22-,23+,26+/m0/s1. The number of carbonyl (C=O) groups excluding carboxylic acids is 1. The Morgan fingerprint density at radius 3 is 2.38 bits per heavy atom. The molecule has 1 N–H and O–H groups in total. The highest BCUT2D eigenvalue weighted by molar-refractivity contribution is 5.94. The Morgan fingerprint density at radius 2 is 1.76 bits per heavy atom. The summed E-state index contributed by atoms with van der Waals surface area (Å²) in [7, 11) is 0. The Morgan fingerprint density at radius 1 is 1.09 bits per heavy atom. The second-order valence-corrected chi connectivity index (χ2v) is 11.1. The van der Waals surface area contributed by atoms with Gasteiger partial charge in [0.15, 0.2) is 0 Å². The summed E-state index contributed by atoms with van der Waals surface area (Å²) in [5.74, 6) is 0.0836. The maximum atomic E-state index is 13.1. The number of ether oxygens (including phenoxy) is 2. The third-order valence-corrected chi connectivity index (χ3v) is 8.13. The first-order valence-electron chi connectivity index (χ1n) is 12.3. The second-order valence-electron chi connectivity index (χ2n) is 11.1. The summed E-state index contributed by atoms with van der Waals surface area (Å²) >= 11 is 0. The fourth-order valence-electron chi connectivity index (χ4n) is 5.74. The molecule has 4 heterocycles. The van der Waals surface area contributed by atoms with Crippen molar-refractivity contribution >= 4 is 5.91 Å². The number of nitrogens with zero attached hydrogens (tertiary/aromatic N) is 3. The molecule has 2 aromatic rings. The molecule has 3 aliphatic heterocycles. The fraction of sp³-hybridized carbons (Fsp3) is 0.593. The average Bonchev–Trinajstić information content (AvgIpc) is 3.45. The summed E-state index contributed by atoms with van der Waals surface area (Å²) in [5, 5.41) is 10.4. The summed E-state index contributed by atoms with van der Waals surface area (Å²) < 4.78 is 12.7. The summed E-state index contributed by atoms with van der Waals surface area (Å²) in [6, 6.07) is 7.69. The molecule has 1 spiro atoms. The van der Waals surface area contributed by atoms with Gasteiger partial charge >= 0.3 is 0 Å². The zero-order valence-electron chi connectivity index (χ0n) is 20.4. The van der Waals surface area contributed by atoms with Crippen molar-refractivity contribution in [2.45, 2.75) is 76.3 Å². The predicted octanol–water partition coefficient (Wildman–Crippen LogP) is 3.86. The van der Waals surface area contributed by atoms with E-state index in [1.54, 1.807) is 12.4 Å². The SMILES string of the molecule is CC(C)(O)[C@@H]1CC[C@](C)([C@H]2CC3(CCN(C(=O)c4ccc(-c5cncnc5)cc4)CC3)CO2)O1. The van der Waals surface area contributed by atoms with E-state index < -0.39 is 5.60 Å². The maximum absolute atomic E-state index is 13.1. The van der Waals surface area contributed by atoms with Crippen molar-refractivity contribution in [1.82, 2.24) is 14.9 Å². The number of rotatable bonds is 4. The molecule has 0 unspecified atom stereocenters. The highest BCUT2D eigenvalue weighted by Crippen LogP contribution is 2.49. The van der Waals surface area contributed by atoms with Gasteiger partial charge in [-0.2, -0.15) is 0 Å². The first kappa shape index (κ1) is 23.4. The van der Waals surface area contributed by atoms with E-state index in [1.807, 2.05) is 43.0 Å². The van der Waals surface area contributed by atoms with E-state index in [-0.39, 0.29) is 29.1 Å². The van der Waals surface area contributed by atoms with Gasteiger partial charge in [0.2, 0.25) is 0 Å². The van der Waals surface area contributed by atoms with Crippen molar-refractivity contribution in [3.63, 3.8) is 0 Å². The number of hydrogen-bond acceptors (Lipinski definition) is 6. The quantitative estimate of drug-likeness (QED) is 0.738. The minimum Gasteiger partial charge on any atom is -0.388 e. The van der Waals surface area contributed by atoms with E-state index in [0.29, 0.717) is 5.56 Å². The molecule has 5 rings (SSSR count). The van der Waals surface area contributed by atoms with Crippen LogP contribution in [-0.4, -0.2) is 69.0 Å². The van der Waals surface area contributed by atoms with Gasteiger partial charge in [-0.3, -0.25) is 4.79 Å². The number of aliphatic hydroxyl groups is 1. The van der Waals surface area contributed by atoms with Crippen LogP contribution in [0.5, 0.6) is 0 Å². The lowest BCUT2D eigenvalue weighted by atomic mass is 9.74. The van der Waals surface area contributed by atoms with Gasteiger partial charge in [0.05, 0.1) is 30.0 Å². The maximum Gasteiger partial charge on any atom is 0.253 e. The largest absolute Gasteiger partial charge is 0.388 e. The number of likely N-dealkylation sites (tertiary alicyclic amines) is 1. The number of piperidine rings is 1. The number of carbonyl (C=O) groups is 1. The monoisotopic (exact) mass is 465 g/mol. The first-order valence-corrected chi connectivity index (χ1v) is 12.3. The number of aromatic nitrogens is 2. The molecule has 3 saturated heterocycles. The predicted molar refractivity (Wildman–Crippen MR) is 128 cm³/mol. The van der Waals surface area contributed by atoms with E-state index in [1.165, 1.54) is 6.33 Å². The minimum absolute atomic E-state index is 0.0385. The van der Waals surface area contributed by atoms with E-state index in [9.17, 15) is 9.90 Å². The molecule has 3 atom stereocenters. The Hall–Kier alpha value is -2.35. The minimum atomic E-state index is -0.840. The summed E-state index contributed by atoms with van der Waals surface area (Å²) in [6.45, 7) is 7.97. The molecule has 0 radical (unpaired) electrons. The summed E-state index contributed by atoms with van der Waals surface area (Å²) in [4.78, 5) is 23.2. The van der Waals surface area contributed by atoms with Crippen LogP contribution in [0, 0.1) is 5.41 Å². The second kappa shape index (κ2) is 8.70. The van der Waals surface area contributed by atoms with E-state index in [2.05, 4.69) is 16.9 Å². The van der Waals surface area contributed by atoms with Gasteiger partial charge in [0, 0.05) is 36.6 Å². The van der Waals surface area contributed by atoms with Crippen LogP contribution in [0.2, 0.25) is 0 Å². The Kier molecular flexibility index (Phi) is 5.99. The molecule has 3 aliphatic rings. The highest BCUT2D eigenvalue weighted by atomic mass is 16.6. The normalized spacial score (nSPS) is 29.0. The lowest BCUT2D eigenvalue weighted by Crippen LogP contribution is -2.45. The molecule has 7 nitrogen and oxygen atoms in total. The van der Waals surface area contributed by atoms with Crippen molar-refractivity contribution in [2.75, 3.05) is 19.7 Å². The molecule has 34 heavy (non-hydrogen) atoms. The molecule has 182 valence electrons. The third-order valence-electron chi connectivity index (χ3n) is 8.13. The summed E-state index contributed by atoms with van der Waals surface area (Å²) in [6.07, 6.45) is 9.53. The number of benzene rings is 1. The Balaban J connectivity index is 1.18. The van der Waals surface area contributed by atoms with Gasteiger partial charge in [-0.05, 0) is 76.0 Å². The molecule has 7 heteroatoms. The zero-order chi connectivity index (χ0) is 24.0. The van der Waals surface area contributed by atoms with Crippen LogP contribution < -0.4 is 0 Å². The molecule has 0 bridgehead atoms. The first-order chi connectivity index (χ1) is 16.2. The number of amides is 1. The molecule has 0 saturated carbocycles. The third kappa shape index (κ3) is 4.49. The van der Waals surface area contributed by atoms with Gasteiger partial charge in [-0.15, -0.1) is 0 Å². The molecular formula is C27H35N3O4. The van der Waals surface area contributed by atoms with Crippen LogP contribution in [0.15, 0.2) is 43.0 Å². The lowest BCUT2D eigenvalue weighted by Gasteiger charge is -2.39. The Labute approximate surface area is 201 Å². The van der Waals surface area contributed by atoms with Crippen LogP contribution >= 0.6 is 0 Å². The number of hydrogen-bond donors (Lipinski definition) is 1. The van der Waals surface area contributed by atoms with Gasteiger partial charge in [-0.1, -0.05) is 12.1 Å². The molecule has 0 aliphatic carbocycles. The molecule has 1 aromatic heterocycles. The van der Waals surface area contributed by atoms with Crippen molar-refractivity contribution in [3.05, 3.63) is 48.5 Å². The van der Waals surface area contributed by atoms with Crippen molar-refractivity contribution in [2.24, 2.45) is 5.41 Å². The molecular weight excluding hydrogens is 430 g/mol. The highest BCUT2D eigenvalue weighted by Gasteiger charge is 2.53. The molecule has 1 amide bonds. The summed E-state index contributed by atoms with van der Waals surface area (Å²) in [5.41, 5.74) is 1.56. The van der Waals surface area contributed by atoms with Crippen molar-refractivity contribution < 1.29 is 19.4 Å². The van der Waals surface area contributed by atoms with Crippen LogP contribution in [0.25, 0.3) is 11.1 Å². The molecule has 3 fully saturated rings. The fourth-order valence-corrected chi connectivity index (χ4v) is 5.74. The van der Waals surface area contributed by atoms with E-state index in [0.717, 1.165) is 62.9 Å². The lowest BCUT2D eigenvalue weighted by molar-refractivity contribution is -0.155. The van der Waals surface area contributed by atoms with Crippen LogP contribution in [0.3, 0.4) is 0 Å². The van der Waals surface area contributed by atoms with Crippen LogP contribution in [0.1, 0.15) is 63.2 Å².